The van der Waals surface area contributed by atoms with E-state index in [4.69, 9.17) is 21.5 Å². The summed E-state index contributed by atoms with van der Waals surface area (Å²) in [6.07, 6.45) is 1.85. The summed E-state index contributed by atoms with van der Waals surface area (Å²) in [5.41, 5.74) is 3.47. The molecule has 4 rings (SSSR count). The van der Waals surface area contributed by atoms with Gasteiger partial charge in [-0.15, -0.1) is 0 Å². The molecule has 0 atom stereocenters. The van der Waals surface area contributed by atoms with Gasteiger partial charge in [-0.1, -0.05) is 59.5 Å². The molecular formula is C22H18N2O3S2. The molecule has 0 bridgehead atoms. The summed E-state index contributed by atoms with van der Waals surface area (Å²) in [6, 6.07) is 17.0. The SMILES string of the molecule is Cc1noc(C)c1COc1ccc(/C=C2/SC(=S)N(c3ccccc3)C2=O)cc1. The third-order valence-electron chi connectivity index (χ3n) is 4.55. The topological polar surface area (TPSA) is 55.6 Å². The van der Waals surface area contributed by atoms with Gasteiger partial charge < -0.3 is 9.26 Å². The van der Waals surface area contributed by atoms with Gasteiger partial charge in [-0.25, -0.2) is 0 Å². The number of amides is 1. The highest BCUT2D eigenvalue weighted by Gasteiger charge is 2.33. The molecule has 0 aliphatic carbocycles. The lowest BCUT2D eigenvalue weighted by molar-refractivity contribution is -0.113. The molecule has 1 aliphatic heterocycles. The smallest absolute Gasteiger partial charge is 0.270 e. The van der Waals surface area contributed by atoms with Crippen molar-refractivity contribution in [1.82, 2.24) is 5.16 Å². The van der Waals surface area contributed by atoms with Crippen molar-refractivity contribution >= 4 is 46.0 Å². The number of rotatable bonds is 5. The van der Waals surface area contributed by atoms with Gasteiger partial charge in [0.15, 0.2) is 4.32 Å². The van der Waals surface area contributed by atoms with Gasteiger partial charge in [0.1, 0.15) is 18.1 Å². The Balaban J connectivity index is 1.46. The standard InChI is InChI=1S/C22H18N2O3S2/c1-14-19(15(2)27-23-14)13-26-18-10-8-16(9-11-18)12-20-21(25)24(22(28)29-20)17-6-4-3-5-7-17/h3-12H,13H2,1-2H3/b20-12+. The first-order valence-corrected chi connectivity index (χ1v) is 10.2. The zero-order valence-electron chi connectivity index (χ0n) is 15.9. The number of aromatic nitrogens is 1. The van der Waals surface area contributed by atoms with E-state index in [2.05, 4.69) is 5.16 Å². The minimum absolute atomic E-state index is 0.107. The summed E-state index contributed by atoms with van der Waals surface area (Å²) in [7, 11) is 0. The molecular weight excluding hydrogens is 404 g/mol. The number of thiocarbonyl (C=S) groups is 1. The number of aryl methyl sites for hydroxylation is 2. The molecule has 1 fully saturated rings. The molecule has 0 unspecified atom stereocenters. The van der Waals surface area contributed by atoms with E-state index in [1.165, 1.54) is 11.8 Å². The van der Waals surface area contributed by atoms with E-state index in [-0.39, 0.29) is 5.91 Å². The lowest BCUT2D eigenvalue weighted by atomic mass is 10.2. The Bertz CT molecular complexity index is 1070. The molecule has 7 heteroatoms. The van der Waals surface area contributed by atoms with Gasteiger partial charge in [-0.2, -0.15) is 0 Å². The molecule has 0 spiro atoms. The Kier molecular flexibility index (Phi) is 5.51. The van der Waals surface area contributed by atoms with Crippen molar-refractivity contribution in [2.75, 3.05) is 4.90 Å². The molecule has 1 amide bonds. The molecule has 2 aromatic carbocycles. The first kappa shape index (κ1) is 19.4. The average molecular weight is 423 g/mol. The number of ether oxygens (including phenoxy) is 1. The van der Waals surface area contributed by atoms with Crippen LogP contribution in [-0.2, 0) is 11.4 Å². The number of anilines is 1. The lowest BCUT2D eigenvalue weighted by Crippen LogP contribution is -2.27. The van der Waals surface area contributed by atoms with E-state index in [1.807, 2.05) is 74.5 Å². The van der Waals surface area contributed by atoms with Gasteiger partial charge in [-0.3, -0.25) is 9.69 Å². The molecule has 3 aromatic rings. The van der Waals surface area contributed by atoms with Gasteiger partial charge in [0.05, 0.1) is 21.8 Å². The molecule has 5 nitrogen and oxygen atoms in total. The van der Waals surface area contributed by atoms with Crippen molar-refractivity contribution in [2.45, 2.75) is 20.5 Å². The fourth-order valence-corrected chi connectivity index (χ4v) is 4.24. The van der Waals surface area contributed by atoms with Gasteiger partial charge in [0.2, 0.25) is 0 Å². The fraction of sp³-hybridized carbons (Fsp3) is 0.136. The predicted molar refractivity (Wildman–Crippen MR) is 119 cm³/mol. The number of carbonyl (C=O) groups excluding carboxylic acids is 1. The number of thioether (sulfide) groups is 1. The largest absolute Gasteiger partial charge is 0.489 e. The average Bonchev–Trinajstić information content (AvgIpc) is 3.19. The number of hydrogen-bond acceptors (Lipinski definition) is 6. The quantitative estimate of drug-likeness (QED) is 0.412. The molecule has 0 saturated carbocycles. The summed E-state index contributed by atoms with van der Waals surface area (Å²) in [4.78, 5) is 15.0. The molecule has 29 heavy (non-hydrogen) atoms. The highest BCUT2D eigenvalue weighted by atomic mass is 32.2. The number of carbonyl (C=O) groups is 1. The summed E-state index contributed by atoms with van der Waals surface area (Å²) < 4.78 is 11.5. The third kappa shape index (κ3) is 4.11. The Morgan fingerprint density at radius 1 is 1.14 bits per heavy atom. The normalized spacial score (nSPS) is 15.4. The summed E-state index contributed by atoms with van der Waals surface area (Å²) in [6.45, 7) is 4.16. The Morgan fingerprint density at radius 2 is 1.86 bits per heavy atom. The van der Waals surface area contributed by atoms with Crippen LogP contribution in [0.15, 0.2) is 64.0 Å². The summed E-state index contributed by atoms with van der Waals surface area (Å²) in [5.74, 6) is 1.39. The Hall–Kier alpha value is -2.90. The van der Waals surface area contributed by atoms with E-state index >= 15 is 0 Å². The number of hydrogen-bond donors (Lipinski definition) is 0. The second-order valence-corrected chi connectivity index (χ2v) is 8.19. The molecule has 146 valence electrons. The molecule has 0 radical (unpaired) electrons. The van der Waals surface area contributed by atoms with Crippen molar-refractivity contribution in [1.29, 1.82) is 0 Å². The minimum atomic E-state index is -0.107. The number of para-hydroxylation sites is 1. The van der Waals surface area contributed by atoms with Crippen LogP contribution in [-0.4, -0.2) is 15.4 Å². The number of benzene rings is 2. The van der Waals surface area contributed by atoms with Crippen LogP contribution in [0.2, 0.25) is 0 Å². The fourth-order valence-electron chi connectivity index (χ4n) is 2.94. The first-order valence-electron chi connectivity index (χ1n) is 9.00. The van der Waals surface area contributed by atoms with Gasteiger partial charge in [-0.05, 0) is 49.8 Å². The van der Waals surface area contributed by atoms with E-state index in [9.17, 15) is 4.79 Å². The minimum Gasteiger partial charge on any atom is -0.489 e. The second kappa shape index (κ2) is 8.23. The Labute approximate surface area is 178 Å². The van der Waals surface area contributed by atoms with Crippen molar-refractivity contribution in [3.8, 4) is 5.75 Å². The monoisotopic (exact) mass is 422 g/mol. The molecule has 1 aromatic heterocycles. The first-order chi connectivity index (χ1) is 14.0. The molecule has 0 N–H and O–H groups in total. The van der Waals surface area contributed by atoms with E-state index in [0.29, 0.717) is 15.8 Å². The Morgan fingerprint density at radius 3 is 2.52 bits per heavy atom. The van der Waals surface area contributed by atoms with Crippen LogP contribution in [0.5, 0.6) is 5.75 Å². The predicted octanol–water partition coefficient (Wildman–Crippen LogP) is 5.28. The summed E-state index contributed by atoms with van der Waals surface area (Å²) in [5, 5.41) is 3.93. The molecule has 1 aliphatic rings. The third-order valence-corrected chi connectivity index (χ3v) is 5.85. The van der Waals surface area contributed by atoms with Crippen LogP contribution in [0.3, 0.4) is 0 Å². The lowest BCUT2D eigenvalue weighted by Gasteiger charge is -2.13. The number of nitrogens with zero attached hydrogens (tertiary/aromatic N) is 2. The maximum Gasteiger partial charge on any atom is 0.270 e. The zero-order chi connectivity index (χ0) is 20.4. The highest BCUT2D eigenvalue weighted by Crippen LogP contribution is 2.36. The van der Waals surface area contributed by atoms with Crippen molar-refractivity contribution in [3.05, 3.63) is 82.1 Å². The van der Waals surface area contributed by atoms with Crippen molar-refractivity contribution in [2.24, 2.45) is 0 Å². The maximum atomic E-state index is 12.8. The van der Waals surface area contributed by atoms with Crippen LogP contribution in [0, 0.1) is 13.8 Å². The van der Waals surface area contributed by atoms with E-state index in [1.54, 1.807) is 4.90 Å². The molecule has 2 heterocycles. The zero-order valence-corrected chi connectivity index (χ0v) is 17.5. The van der Waals surface area contributed by atoms with E-state index < -0.39 is 0 Å². The van der Waals surface area contributed by atoms with Crippen LogP contribution in [0.25, 0.3) is 6.08 Å². The highest BCUT2D eigenvalue weighted by molar-refractivity contribution is 8.27. The van der Waals surface area contributed by atoms with Crippen LogP contribution in [0.4, 0.5) is 5.69 Å². The van der Waals surface area contributed by atoms with Crippen molar-refractivity contribution < 1.29 is 14.1 Å². The van der Waals surface area contributed by atoms with Gasteiger partial charge >= 0.3 is 0 Å². The van der Waals surface area contributed by atoms with Crippen LogP contribution >= 0.6 is 24.0 Å². The maximum absolute atomic E-state index is 12.8. The summed E-state index contributed by atoms with van der Waals surface area (Å²) >= 11 is 6.71. The van der Waals surface area contributed by atoms with E-state index in [0.717, 1.165) is 34.0 Å². The van der Waals surface area contributed by atoms with Crippen LogP contribution in [0.1, 0.15) is 22.6 Å². The van der Waals surface area contributed by atoms with Crippen molar-refractivity contribution in [3.63, 3.8) is 0 Å². The van der Waals surface area contributed by atoms with Gasteiger partial charge in [0, 0.05) is 0 Å². The second-order valence-electron chi connectivity index (χ2n) is 6.51. The van der Waals surface area contributed by atoms with Crippen LogP contribution < -0.4 is 9.64 Å². The molecule has 1 saturated heterocycles. The van der Waals surface area contributed by atoms with Gasteiger partial charge in [0.25, 0.3) is 5.91 Å².